The molecule has 0 unspecified atom stereocenters. The lowest BCUT2D eigenvalue weighted by atomic mass is 10.4. The second-order valence-corrected chi connectivity index (χ2v) is 3.26. The Kier molecular flexibility index (Phi) is 3.99. The molecule has 6 nitrogen and oxygen atoms in total. The molecule has 1 amide bonds. The fraction of sp³-hybridized carbons (Fsp3) is 0.444. The molecule has 1 aromatic rings. The second-order valence-electron chi connectivity index (χ2n) is 3.26. The van der Waals surface area contributed by atoms with E-state index in [4.69, 9.17) is 10.5 Å². The Labute approximate surface area is 88.1 Å². The van der Waals surface area contributed by atoms with Gasteiger partial charge in [0.25, 0.3) is 5.91 Å². The van der Waals surface area contributed by atoms with Crippen molar-refractivity contribution in [2.45, 2.75) is 0 Å². The number of aromatic nitrogens is 2. The van der Waals surface area contributed by atoms with Gasteiger partial charge in [-0.3, -0.25) is 9.78 Å². The number of rotatable bonds is 5. The Morgan fingerprint density at radius 1 is 1.53 bits per heavy atom. The highest BCUT2D eigenvalue weighted by Crippen LogP contribution is 2.04. The van der Waals surface area contributed by atoms with E-state index < -0.39 is 5.91 Å². The summed E-state index contributed by atoms with van der Waals surface area (Å²) < 4.78 is 5.28. The Morgan fingerprint density at radius 2 is 2.27 bits per heavy atom. The minimum absolute atomic E-state index is 0.109. The van der Waals surface area contributed by atoms with Crippen LogP contribution in [0.2, 0.25) is 0 Å². The maximum absolute atomic E-state index is 10.8. The molecular formula is C9H14N4O2. The Morgan fingerprint density at radius 3 is 2.87 bits per heavy atom. The Balaban J connectivity index is 2.54. The molecule has 6 heteroatoms. The zero-order valence-corrected chi connectivity index (χ0v) is 8.80. The van der Waals surface area contributed by atoms with Gasteiger partial charge < -0.3 is 15.4 Å². The third-order valence-corrected chi connectivity index (χ3v) is 1.65. The lowest BCUT2D eigenvalue weighted by Gasteiger charge is -2.10. The van der Waals surface area contributed by atoms with Crippen molar-refractivity contribution in [2.75, 3.05) is 27.2 Å². The second kappa shape index (κ2) is 5.26. The number of primary amides is 1. The van der Waals surface area contributed by atoms with Gasteiger partial charge >= 0.3 is 0 Å². The summed E-state index contributed by atoms with van der Waals surface area (Å²) in [5.74, 6) is -0.297. The van der Waals surface area contributed by atoms with E-state index in [0.29, 0.717) is 12.5 Å². The lowest BCUT2D eigenvalue weighted by Crippen LogP contribution is -2.20. The van der Waals surface area contributed by atoms with Crippen molar-refractivity contribution in [2.24, 2.45) is 5.73 Å². The number of nitrogens with zero attached hydrogens (tertiary/aromatic N) is 3. The minimum atomic E-state index is -0.611. The van der Waals surface area contributed by atoms with Gasteiger partial charge in [0.2, 0.25) is 5.88 Å². The first-order valence-corrected chi connectivity index (χ1v) is 4.49. The molecule has 1 rings (SSSR count). The highest BCUT2D eigenvalue weighted by molar-refractivity contribution is 5.90. The first-order valence-electron chi connectivity index (χ1n) is 4.49. The number of carbonyl (C=O) groups excluding carboxylic acids is 1. The fourth-order valence-electron chi connectivity index (χ4n) is 0.869. The molecule has 2 N–H and O–H groups in total. The molecule has 0 fully saturated rings. The van der Waals surface area contributed by atoms with E-state index in [0.717, 1.165) is 6.54 Å². The first-order chi connectivity index (χ1) is 7.09. The number of likely N-dealkylation sites (N-methyl/N-ethyl adjacent to an activating group) is 1. The molecule has 1 aromatic heterocycles. The lowest BCUT2D eigenvalue weighted by molar-refractivity contribution is 0.0993. The number of amides is 1. The monoisotopic (exact) mass is 210 g/mol. The molecule has 0 aliphatic heterocycles. The Hall–Kier alpha value is -1.69. The van der Waals surface area contributed by atoms with Crippen molar-refractivity contribution in [1.29, 1.82) is 0 Å². The SMILES string of the molecule is CN(C)CCOc1cncc(C(N)=O)n1. The van der Waals surface area contributed by atoms with E-state index in [-0.39, 0.29) is 5.69 Å². The van der Waals surface area contributed by atoms with Crippen LogP contribution < -0.4 is 10.5 Å². The molecule has 0 saturated heterocycles. The number of hydrogen-bond acceptors (Lipinski definition) is 5. The van der Waals surface area contributed by atoms with E-state index in [1.807, 2.05) is 19.0 Å². The van der Waals surface area contributed by atoms with Crippen LogP contribution in [0.3, 0.4) is 0 Å². The fourth-order valence-corrected chi connectivity index (χ4v) is 0.869. The molecule has 82 valence electrons. The largest absolute Gasteiger partial charge is 0.475 e. The van der Waals surface area contributed by atoms with Crippen molar-refractivity contribution >= 4 is 5.91 Å². The Bertz CT molecular complexity index is 341. The van der Waals surface area contributed by atoms with Gasteiger partial charge in [-0.25, -0.2) is 4.98 Å². The number of carbonyl (C=O) groups is 1. The average Bonchev–Trinajstić information content (AvgIpc) is 2.17. The number of hydrogen-bond donors (Lipinski definition) is 1. The third kappa shape index (κ3) is 3.90. The van der Waals surface area contributed by atoms with Crippen LogP contribution >= 0.6 is 0 Å². The minimum Gasteiger partial charge on any atom is -0.475 e. The van der Waals surface area contributed by atoms with Crippen LogP contribution in [0.15, 0.2) is 12.4 Å². The maximum Gasteiger partial charge on any atom is 0.269 e. The van der Waals surface area contributed by atoms with Crippen LogP contribution in [0.25, 0.3) is 0 Å². The molecule has 0 aromatic carbocycles. The molecule has 0 aliphatic rings. The van der Waals surface area contributed by atoms with Gasteiger partial charge in [0, 0.05) is 6.54 Å². The first kappa shape index (κ1) is 11.4. The molecule has 15 heavy (non-hydrogen) atoms. The van der Waals surface area contributed by atoms with Crippen molar-refractivity contribution in [3.05, 3.63) is 18.1 Å². The number of nitrogens with two attached hydrogens (primary N) is 1. The summed E-state index contributed by atoms with van der Waals surface area (Å²) in [7, 11) is 3.88. The molecule has 0 bridgehead atoms. The van der Waals surface area contributed by atoms with E-state index >= 15 is 0 Å². The molecule has 0 radical (unpaired) electrons. The molecule has 0 atom stereocenters. The van der Waals surface area contributed by atoms with Crippen LogP contribution in [0.5, 0.6) is 5.88 Å². The quantitative estimate of drug-likeness (QED) is 0.709. The summed E-state index contributed by atoms with van der Waals surface area (Å²) in [6.45, 7) is 1.26. The van der Waals surface area contributed by atoms with Crippen molar-refractivity contribution < 1.29 is 9.53 Å². The predicted molar refractivity (Wildman–Crippen MR) is 54.6 cm³/mol. The van der Waals surface area contributed by atoms with Gasteiger partial charge in [0.15, 0.2) is 0 Å². The summed E-state index contributed by atoms with van der Waals surface area (Å²) in [4.78, 5) is 20.5. The van der Waals surface area contributed by atoms with Crippen molar-refractivity contribution in [1.82, 2.24) is 14.9 Å². The molecule has 0 spiro atoms. The van der Waals surface area contributed by atoms with Gasteiger partial charge in [0.1, 0.15) is 12.3 Å². The zero-order valence-electron chi connectivity index (χ0n) is 8.80. The van der Waals surface area contributed by atoms with Crippen LogP contribution in [0, 0.1) is 0 Å². The van der Waals surface area contributed by atoms with Crippen LogP contribution in [-0.4, -0.2) is 48.0 Å². The molecule has 1 heterocycles. The molecule has 0 aliphatic carbocycles. The topological polar surface area (TPSA) is 81.3 Å². The summed E-state index contributed by atoms with van der Waals surface area (Å²) in [5, 5.41) is 0. The van der Waals surface area contributed by atoms with Crippen LogP contribution in [-0.2, 0) is 0 Å². The molecular weight excluding hydrogens is 196 g/mol. The standard InChI is InChI=1S/C9H14N4O2/c1-13(2)3-4-15-8-6-11-5-7(12-8)9(10)14/h5-6H,3-4H2,1-2H3,(H2,10,14). The summed E-state index contributed by atoms with van der Waals surface area (Å²) in [6, 6.07) is 0. The highest BCUT2D eigenvalue weighted by Gasteiger charge is 2.04. The van der Waals surface area contributed by atoms with Gasteiger partial charge in [0.05, 0.1) is 12.4 Å². The van der Waals surface area contributed by atoms with E-state index in [1.54, 1.807) is 0 Å². The number of ether oxygens (including phenoxy) is 1. The third-order valence-electron chi connectivity index (χ3n) is 1.65. The zero-order chi connectivity index (χ0) is 11.3. The smallest absolute Gasteiger partial charge is 0.269 e. The van der Waals surface area contributed by atoms with Crippen molar-refractivity contribution in [3.63, 3.8) is 0 Å². The predicted octanol–water partition coefficient (Wildman–Crippen LogP) is -0.484. The summed E-state index contributed by atoms with van der Waals surface area (Å²) in [5.41, 5.74) is 5.16. The van der Waals surface area contributed by atoms with Crippen LogP contribution in [0.1, 0.15) is 10.5 Å². The van der Waals surface area contributed by atoms with E-state index in [9.17, 15) is 4.79 Å². The van der Waals surface area contributed by atoms with Gasteiger partial charge in [-0.1, -0.05) is 0 Å². The average molecular weight is 210 g/mol. The van der Waals surface area contributed by atoms with Crippen LogP contribution in [0.4, 0.5) is 0 Å². The van der Waals surface area contributed by atoms with Gasteiger partial charge in [-0.15, -0.1) is 0 Å². The highest BCUT2D eigenvalue weighted by atomic mass is 16.5. The van der Waals surface area contributed by atoms with Gasteiger partial charge in [-0.2, -0.15) is 0 Å². The van der Waals surface area contributed by atoms with Gasteiger partial charge in [-0.05, 0) is 14.1 Å². The van der Waals surface area contributed by atoms with E-state index in [2.05, 4.69) is 9.97 Å². The van der Waals surface area contributed by atoms with E-state index in [1.165, 1.54) is 12.4 Å². The maximum atomic E-state index is 10.8. The summed E-state index contributed by atoms with van der Waals surface area (Å²) >= 11 is 0. The van der Waals surface area contributed by atoms with Crippen molar-refractivity contribution in [3.8, 4) is 5.88 Å². The molecule has 0 saturated carbocycles. The normalized spacial score (nSPS) is 10.3. The summed E-state index contributed by atoms with van der Waals surface area (Å²) in [6.07, 6.45) is 2.75.